The van der Waals surface area contributed by atoms with Gasteiger partial charge in [-0.3, -0.25) is 4.79 Å². The van der Waals surface area contributed by atoms with Crippen LogP contribution < -0.4 is 10.1 Å². The molecule has 3 aromatic rings. The van der Waals surface area contributed by atoms with Crippen molar-refractivity contribution < 1.29 is 13.9 Å². The van der Waals surface area contributed by atoms with Crippen LogP contribution in [0.15, 0.2) is 35.0 Å². The van der Waals surface area contributed by atoms with E-state index in [4.69, 9.17) is 9.15 Å². The van der Waals surface area contributed by atoms with Gasteiger partial charge in [-0.05, 0) is 38.5 Å². The van der Waals surface area contributed by atoms with Crippen LogP contribution in [0.5, 0.6) is 5.75 Å². The summed E-state index contributed by atoms with van der Waals surface area (Å²) in [6.45, 7) is 5.20. The lowest BCUT2D eigenvalue weighted by atomic mass is 10.1. The fourth-order valence-electron chi connectivity index (χ4n) is 3.41. The van der Waals surface area contributed by atoms with Crippen molar-refractivity contribution in [2.75, 3.05) is 6.61 Å². The Morgan fingerprint density at radius 2 is 2.36 bits per heavy atom. The molecule has 0 fully saturated rings. The van der Waals surface area contributed by atoms with Gasteiger partial charge in [0, 0.05) is 42.4 Å². The van der Waals surface area contributed by atoms with Crippen LogP contribution >= 0.6 is 0 Å². The summed E-state index contributed by atoms with van der Waals surface area (Å²) < 4.78 is 13.4. The molecule has 1 atom stereocenters. The number of carbonyl (C=O) groups excluding carboxylic acids is 1. The second-order valence-corrected chi connectivity index (χ2v) is 6.35. The molecule has 0 saturated heterocycles. The number of amides is 1. The number of benzene rings is 1. The summed E-state index contributed by atoms with van der Waals surface area (Å²) in [5.41, 5.74) is 1.54. The van der Waals surface area contributed by atoms with E-state index >= 15 is 0 Å². The predicted molar refractivity (Wildman–Crippen MR) is 93.9 cm³/mol. The minimum absolute atomic E-state index is 0.0841. The number of rotatable bonds is 4. The highest BCUT2D eigenvalue weighted by Gasteiger charge is 2.24. The number of fused-ring (bicyclic) bond motifs is 2. The Labute approximate surface area is 145 Å². The maximum absolute atomic E-state index is 12.7. The van der Waals surface area contributed by atoms with Crippen LogP contribution in [0.25, 0.3) is 11.0 Å². The molecule has 6 heteroatoms. The summed E-state index contributed by atoms with van der Waals surface area (Å²) in [7, 11) is 0. The van der Waals surface area contributed by atoms with Crippen LogP contribution in [0.1, 0.15) is 35.3 Å². The van der Waals surface area contributed by atoms with Gasteiger partial charge in [0.05, 0.1) is 6.61 Å². The summed E-state index contributed by atoms with van der Waals surface area (Å²) in [6, 6.07) is 5.72. The van der Waals surface area contributed by atoms with Gasteiger partial charge >= 0.3 is 0 Å². The zero-order valence-electron chi connectivity index (χ0n) is 14.4. The fourth-order valence-corrected chi connectivity index (χ4v) is 3.41. The molecule has 25 heavy (non-hydrogen) atoms. The van der Waals surface area contributed by atoms with Crippen LogP contribution in [-0.4, -0.2) is 28.1 Å². The highest BCUT2D eigenvalue weighted by molar-refractivity contribution is 5.99. The van der Waals surface area contributed by atoms with Gasteiger partial charge < -0.3 is 19.0 Å². The number of carbonyl (C=O) groups is 1. The molecule has 1 unspecified atom stereocenters. The molecule has 1 aliphatic heterocycles. The Morgan fingerprint density at radius 3 is 3.20 bits per heavy atom. The molecule has 3 heterocycles. The Kier molecular flexibility index (Phi) is 3.95. The number of ether oxygens (including phenoxy) is 1. The van der Waals surface area contributed by atoms with Crippen LogP contribution in [0, 0.1) is 6.92 Å². The number of aromatic nitrogens is 2. The SMILES string of the molecule is CCOc1ccc2oc(C(=O)NC3CCc4nccn4C3)c(C)c2c1. The number of aryl methyl sites for hydroxylation is 2. The molecule has 130 valence electrons. The van der Waals surface area contributed by atoms with Crippen molar-refractivity contribution in [3.05, 3.63) is 47.7 Å². The maximum Gasteiger partial charge on any atom is 0.287 e. The van der Waals surface area contributed by atoms with Gasteiger partial charge in [0.2, 0.25) is 0 Å². The summed E-state index contributed by atoms with van der Waals surface area (Å²) >= 11 is 0. The highest BCUT2D eigenvalue weighted by atomic mass is 16.5. The van der Waals surface area contributed by atoms with Gasteiger partial charge in [0.1, 0.15) is 17.2 Å². The largest absolute Gasteiger partial charge is 0.494 e. The Balaban J connectivity index is 1.55. The molecule has 0 aliphatic carbocycles. The molecule has 1 aromatic carbocycles. The van der Waals surface area contributed by atoms with E-state index in [9.17, 15) is 4.79 Å². The average Bonchev–Trinajstić information content (AvgIpc) is 3.20. The lowest BCUT2D eigenvalue weighted by molar-refractivity contribution is 0.0900. The van der Waals surface area contributed by atoms with E-state index in [1.807, 2.05) is 38.2 Å². The summed E-state index contributed by atoms with van der Waals surface area (Å²) in [4.78, 5) is 17.0. The normalized spacial score (nSPS) is 16.6. The minimum atomic E-state index is -0.166. The lowest BCUT2D eigenvalue weighted by Crippen LogP contribution is -2.40. The van der Waals surface area contributed by atoms with E-state index in [0.29, 0.717) is 18.0 Å². The van der Waals surface area contributed by atoms with Gasteiger partial charge in [-0.2, -0.15) is 0 Å². The van der Waals surface area contributed by atoms with Gasteiger partial charge in [0.15, 0.2) is 5.76 Å². The highest BCUT2D eigenvalue weighted by Crippen LogP contribution is 2.29. The van der Waals surface area contributed by atoms with Crippen LogP contribution in [0.4, 0.5) is 0 Å². The Morgan fingerprint density at radius 1 is 1.48 bits per heavy atom. The first-order valence-electron chi connectivity index (χ1n) is 8.62. The molecule has 6 nitrogen and oxygen atoms in total. The van der Waals surface area contributed by atoms with E-state index in [1.54, 1.807) is 6.20 Å². The third kappa shape index (κ3) is 2.88. The molecule has 1 aliphatic rings. The van der Waals surface area contributed by atoms with Crippen molar-refractivity contribution in [3.63, 3.8) is 0 Å². The average molecular weight is 339 g/mol. The van der Waals surface area contributed by atoms with Gasteiger partial charge in [-0.15, -0.1) is 0 Å². The van der Waals surface area contributed by atoms with Crippen LogP contribution in [0.2, 0.25) is 0 Å². The topological polar surface area (TPSA) is 69.3 Å². The number of hydrogen-bond donors (Lipinski definition) is 1. The fraction of sp³-hybridized carbons (Fsp3) is 0.368. The molecular weight excluding hydrogens is 318 g/mol. The first-order chi connectivity index (χ1) is 12.2. The van der Waals surface area contributed by atoms with Crippen molar-refractivity contribution >= 4 is 16.9 Å². The molecule has 0 spiro atoms. The molecule has 0 bridgehead atoms. The van der Waals surface area contributed by atoms with E-state index in [-0.39, 0.29) is 11.9 Å². The number of nitrogens with one attached hydrogen (secondary N) is 1. The summed E-state index contributed by atoms with van der Waals surface area (Å²) in [5, 5.41) is 4.01. The number of nitrogens with zero attached hydrogens (tertiary/aromatic N) is 2. The Bertz CT molecular complexity index is 925. The van der Waals surface area contributed by atoms with Gasteiger partial charge in [-0.1, -0.05) is 0 Å². The van der Waals surface area contributed by atoms with Crippen molar-refractivity contribution in [2.24, 2.45) is 0 Å². The van der Waals surface area contributed by atoms with E-state index in [0.717, 1.165) is 41.9 Å². The first-order valence-corrected chi connectivity index (χ1v) is 8.62. The van der Waals surface area contributed by atoms with Crippen molar-refractivity contribution in [2.45, 2.75) is 39.3 Å². The van der Waals surface area contributed by atoms with Crippen molar-refractivity contribution in [1.82, 2.24) is 14.9 Å². The molecule has 1 amide bonds. The summed E-state index contributed by atoms with van der Waals surface area (Å²) in [5.74, 6) is 2.07. The third-order valence-corrected chi connectivity index (χ3v) is 4.70. The molecule has 1 N–H and O–H groups in total. The minimum Gasteiger partial charge on any atom is -0.494 e. The quantitative estimate of drug-likeness (QED) is 0.793. The first kappa shape index (κ1) is 15.7. The smallest absolute Gasteiger partial charge is 0.287 e. The maximum atomic E-state index is 12.7. The van der Waals surface area contributed by atoms with Gasteiger partial charge in [-0.25, -0.2) is 4.98 Å². The second-order valence-electron chi connectivity index (χ2n) is 6.35. The standard InChI is InChI=1S/C19H21N3O3/c1-3-24-14-5-6-16-15(10-14)12(2)18(25-16)19(23)21-13-4-7-17-20-8-9-22(17)11-13/h5-6,8-10,13H,3-4,7,11H2,1-2H3,(H,21,23). The zero-order chi connectivity index (χ0) is 17.4. The van der Waals surface area contributed by atoms with Crippen LogP contribution in [0.3, 0.4) is 0 Å². The molecule has 0 radical (unpaired) electrons. The molecule has 0 saturated carbocycles. The predicted octanol–water partition coefficient (Wildman–Crippen LogP) is 3.08. The second kappa shape index (κ2) is 6.27. The van der Waals surface area contributed by atoms with Gasteiger partial charge in [0.25, 0.3) is 5.91 Å². The molecule has 2 aromatic heterocycles. The van der Waals surface area contributed by atoms with E-state index < -0.39 is 0 Å². The zero-order valence-corrected chi connectivity index (χ0v) is 14.4. The van der Waals surface area contributed by atoms with Crippen molar-refractivity contribution in [1.29, 1.82) is 0 Å². The Hall–Kier alpha value is -2.76. The van der Waals surface area contributed by atoms with E-state index in [2.05, 4.69) is 14.9 Å². The van der Waals surface area contributed by atoms with E-state index in [1.165, 1.54) is 0 Å². The third-order valence-electron chi connectivity index (χ3n) is 4.70. The molecule has 4 rings (SSSR count). The lowest BCUT2D eigenvalue weighted by Gasteiger charge is -2.24. The summed E-state index contributed by atoms with van der Waals surface area (Å²) in [6.07, 6.45) is 5.51. The molecular formula is C19H21N3O3. The van der Waals surface area contributed by atoms with Crippen LogP contribution in [-0.2, 0) is 13.0 Å². The van der Waals surface area contributed by atoms with Crippen molar-refractivity contribution in [3.8, 4) is 5.75 Å². The number of furan rings is 1. The number of hydrogen-bond acceptors (Lipinski definition) is 4. The number of imidazole rings is 1. The monoisotopic (exact) mass is 339 g/mol.